The van der Waals surface area contributed by atoms with Crippen LogP contribution in [0.3, 0.4) is 0 Å². The van der Waals surface area contributed by atoms with Gasteiger partial charge in [0.25, 0.3) is 5.91 Å². The van der Waals surface area contributed by atoms with Gasteiger partial charge in [-0.15, -0.1) is 0 Å². The molecule has 0 saturated heterocycles. The minimum atomic E-state index is -1.49. The zero-order valence-corrected chi connectivity index (χ0v) is 12.1. The van der Waals surface area contributed by atoms with E-state index in [1.807, 2.05) is 0 Å². The van der Waals surface area contributed by atoms with Crippen molar-refractivity contribution in [2.75, 3.05) is 19.5 Å². The molecule has 1 rings (SSSR count). The molecule has 0 atom stereocenters. The minimum absolute atomic E-state index is 0.348. The van der Waals surface area contributed by atoms with Gasteiger partial charge in [0.15, 0.2) is 11.5 Å². The van der Waals surface area contributed by atoms with Gasteiger partial charge in [-0.25, -0.2) is 4.79 Å². The molecule has 1 amide bonds. The van der Waals surface area contributed by atoms with E-state index in [0.29, 0.717) is 17.2 Å². The average molecular weight is 320 g/mol. The Bertz CT molecular complexity index is 571. The molecule has 1 aromatic rings. The molecule has 0 aliphatic heterocycles. The van der Waals surface area contributed by atoms with E-state index in [0.717, 1.165) is 0 Å². The number of anilines is 1. The van der Waals surface area contributed by atoms with Gasteiger partial charge in [0.1, 0.15) is 10.1 Å². The zero-order valence-electron chi connectivity index (χ0n) is 10.6. The minimum Gasteiger partial charge on any atom is -0.493 e. The summed E-state index contributed by atoms with van der Waals surface area (Å²) in [5.74, 6) is -1.45. The predicted molar refractivity (Wildman–Crippen MR) is 74.5 cm³/mol. The van der Waals surface area contributed by atoms with E-state index in [4.69, 9.17) is 37.8 Å². The Morgan fingerprint density at radius 2 is 1.70 bits per heavy atom. The monoisotopic (exact) mass is 319 g/mol. The lowest BCUT2D eigenvalue weighted by Gasteiger charge is -2.10. The van der Waals surface area contributed by atoms with Gasteiger partial charge >= 0.3 is 5.97 Å². The molecule has 2 N–H and O–H groups in total. The molecular formula is C12H11Cl2NO5. The third-order valence-corrected chi connectivity index (χ3v) is 3.03. The number of carboxylic acid groups (broad SMARTS) is 1. The third kappa shape index (κ3) is 3.79. The number of aliphatic carboxylic acids is 1. The van der Waals surface area contributed by atoms with Gasteiger partial charge in [0.2, 0.25) is 0 Å². The number of carbonyl (C=O) groups is 2. The number of halogens is 2. The van der Waals surface area contributed by atoms with Gasteiger partial charge in [-0.2, -0.15) is 0 Å². The molecule has 0 bridgehead atoms. The number of amides is 1. The number of hydrogen-bond acceptors (Lipinski definition) is 4. The van der Waals surface area contributed by atoms with Crippen LogP contribution in [0.4, 0.5) is 5.69 Å². The maximum absolute atomic E-state index is 11.7. The van der Waals surface area contributed by atoms with Crippen LogP contribution in [-0.2, 0) is 9.59 Å². The predicted octanol–water partition coefficient (Wildman–Crippen LogP) is 2.42. The molecule has 0 aliphatic carbocycles. The molecule has 0 spiro atoms. The quantitative estimate of drug-likeness (QED) is 0.814. The molecule has 20 heavy (non-hydrogen) atoms. The van der Waals surface area contributed by atoms with Crippen molar-refractivity contribution in [1.29, 1.82) is 0 Å². The van der Waals surface area contributed by atoms with Crippen molar-refractivity contribution < 1.29 is 24.2 Å². The Kier molecular flexibility index (Phi) is 5.66. The molecule has 6 nitrogen and oxygen atoms in total. The first kappa shape index (κ1) is 16.1. The molecule has 0 radical (unpaired) electrons. The van der Waals surface area contributed by atoms with Crippen LogP contribution in [0, 0.1) is 0 Å². The Balaban J connectivity index is 2.97. The van der Waals surface area contributed by atoms with Crippen molar-refractivity contribution in [2.24, 2.45) is 0 Å². The number of methoxy groups -OCH3 is 2. The lowest BCUT2D eigenvalue weighted by molar-refractivity contribution is -0.132. The first-order valence-corrected chi connectivity index (χ1v) is 5.98. The topological polar surface area (TPSA) is 84.9 Å². The molecule has 1 aromatic carbocycles. The summed E-state index contributed by atoms with van der Waals surface area (Å²) in [6.07, 6.45) is 0. The summed E-state index contributed by atoms with van der Waals surface area (Å²) >= 11 is 10.9. The SMILES string of the molecule is COc1ccc(NC(=O)/C(Cl)=C(/Cl)C(=O)O)cc1OC. The van der Waals surface area contributed by atoms with Crippen LogP contribution in [-0.4, -0.2) is 31.2 Å². The number of nitrogens with one attached hydrogen (secondary N) is 1. The Morgan fingerprint density at radius 1 is 1.10 bits per heavy atom. The second-order valence-electron chi connectivity index (χ2n) is 3.46. The molecule has 0 unspecified atom stereocenters. The molecular weight excluding hydrogens is 309 g/mol. The number of rotatable bonds is 5. The average Bonchev–Trinajstić information content (AvgIpc) is 2.45. The zero-order chi connectivity index (χ0) is 15.3. The summed E-state index contributed by atoms with van der Waals surface area (Å²) < 4.78 is 10.1. The van der Waals surface area contributed by atoms with Crippen LogP contribution in [0.5, 0.6) is 11.5 Å². The van der Waals surface area contributed by atoms with Crippen molar-refractivity contribution >= 4 is 40.8 Å². The molecule has 0 saturated carbocycles. The van der Waals surface area contributed by atoms with Crippen LogP contribution >= 0.6 is 23.2 Å². The Hall–Kier alpha value is -1.92. The third-order valence-electron chi connectivity index (χ3n) is 2.22. The van der Waals surface area contributed by atoms with E-state index in [1.54, 1.807) is 6.07 Å². The van der Waals surface area contributed by atoms with Gasteiger partial charge in [0, 0.05) is 11.8 Å². The smallest absolute Gasteiger partial charge is 0.349 e. The van der Waals surface area contributed by atoms with Gasteiger partial charge in [-0.1, -0.05) is 23.2 Å². The van der Waals surface area contributed by atoms with Gasteiger partial charge in [-0.05, 0) is 12.1 Å². The van der Waals surface area contributed by atoms with Gasteiger partial charge in [0.05, 0.1) is 14.2 Å². The second kappa shape index (κ2) is 7.02. The summed E-state index contributed by atoms with van der Waals surface area (Å²) in [7, 11) is 2.92. The van der Waals surface area contributed by atoms with Crippen molar-refractivity contribution in [3.05, 3.63) is 28.3 Å². The fraction of sp³-hybridized carbons (Fsp3) is 0.167. The van der Waals surface area contributed by atoms with Crippen LogP contribution in [0.15, 0.2) is 28.3 Å². The van der Waals surface area contributed by atoms with E-state index in [9.17, 15) is 9.59 Å². The number of hydrogen-bond donors (Lipinski definition) is 2. The fourth-order valence-corrected chi connectivity index (χ4v) is 1.51. The van der Waals surface area contributed by atoms with Gasteiger partial charge in [-0.3, -0.25) is 4.79 Å². The van der Waals surface area contributed by atoms with Crippen LogP contribution in [0.1, 0.15) is 0 Å². The first-order chi connectivity index (χ1) is 9.40. The maximum Gasteiger partial charge on any atom is 0.349 e. The maximum atomic E-state index is 11.7. The summed E-state index contributed by atoms with van der Waals surface area (Å²) in [5, 5.41) is 9.64. The van der Waals surface area contributed by atoms with Gasteiger partial charge < -0.3 is 19.9 Å². The number of ether oxygens (including phenoxy) is 2. The van der Waals surface area contributed by atoms with E-state index in [2.05, 4.69) is 5.32 Å². The normalized spacial score (nSPS) is 11.4. The molecule has 0 aliphatic rings. The van der Waals surface area contributed by atoms with Crippen LogP contribution in [0.2, 0.25) is 0 Å². The molecule has 108 valence electrons. The van der Waals surface area contributed by atoms with E-state index < -0.39 is 21.9 Å². The summed E-state index contributed by atoms with van der Waals surface area (Å²) in [4.78, 5) is 22.3. The number of benzene rings is 1. The molecule has 0 aromatic heterocycles. The largest absolute Gasteiger partial charge is 0.493 e. The highest BCUT2D eigenvalue weighted by Gasteiger charge is 2.17. The Morgan fingerprint density at radius 3 is 2.20 bits per heavy atom. The van der Waals surface area contributed by atoms with Crippen molar-refractivity contribution in [3.63, 3.8) is 0 Å². The first-order valence-electron chi connectivity index (χ1n) is 5.22. The highest BCUT2D eigenvalue weighted by Crippen LogP contribution is 2.30. The van der Waals surface area contributed by atoms with Crippen LogP contribution in [0.25, 0.3) is 0 Å². The van der Waals surface area contributed by atoms with E-state index in [1.165, 1.54) is 26.4 Å². The summed E-state index contributed by atoms with van der Waals surface area (Å²) in [6, 6.07) is 4.61. The van der Waals surface area contributed by atoms with Crippen molar-refractivity contribution in [3.8, 4) is 11.5 Å². The van der Waals surface area contributed by atoms with E-state index in [-0.39, 0.29) is 0 Å². The molecule has 8 heteroatoms. The number of carbonyl (C=O) groups excluding carboxylic acids is 1. The standard InChI is InChI=1S/C12H11Cl2NO5/c1-19-7-4-3-6(5-8(7)20-2)15-11(16)9(13)10(14)12(17)18/h3-5H,1-2H3,(H,15,16)(H,17,18)/b10-9-. The summed E-state index contributed by atoms with van der Waals surface area (Å²) in [5.41, 5.74) is 0.348. The van der Waals surface area contributed by atoms with Crippen LogP contribution < -0.4 is 14.8 Å². The fourth-order valence-electron chi connectivity index (χ4n) is 1.29. The highest BCUT2D eigenvalue weighted by atomic mass is 35.5. The molecule has 0 heterocycles. The summed E-state index contributed by atoms with van der Waals surface area (Å²) in [6.45, 7) is 0. The van der Waals surface area contributed by atoms with E-state index >= 15 is 0 Å². The lowest BCUT2D eigenvalue weighted by atomic mass is 10.2. The lowest BCUT2D eigenvalue weighted by Crippen LogP contribution is -2.14. The second-order valence-corrected chi connectivity index (χ2v) is 4.21. The highest BCUT2D eigenvalue weighted by molar-refractivity contribution is 6.54. The van der Waals surface area contributed by atoms with Crippen molar-refractivity contribution in [1.82, 2.24) is 0 Å². The molecule has 0 fully saturated rings. The Labute approximate surface area is 124 Å². The number of carboxylic acids is 1. The van der Waals surface area contributed by atoms with Crippen molar-refractivity contribution in [2.45, 2.75) is 0 Å².